The molecule has 5 heteroatoms. The Morgan fingerprint density at radius 3 is 2.73 bits per heavy atom. The van der Waals surface area contributed by atoms with Crippen molar-refractivity contribution in [2.45, 2.75) is 6.92 Å². The van der Waals surface area contributed by atoms with E-state index in [-0.39, 0.29) is 11.7 Å². The molecule has 2 aromatic carbocycles. The second-order valence-electron chi connectivity index (χ2n) is 4.80. The fraction of sp³-hybridized carbons (Fsp3) is 0.0588. The molecule has 1 amide bonds. The number of thiophene rings is 1. The first-order valence-corrected chi connectivity index (χ1v) is 7.64. The van der Waals surface area contributed by atoms with Crippen LogP contribution in [0.3, 0.4) is 0 Å². The minimum atomic E-state index is -0.255. The van der Waals surface area contributed by atoms with Gasteiger partial charge >= 0.3 is 0 Å². The molecule has 3 aromatic rings. The SMILES string of the molecule is C/C(=N\NC(=O)c1cccs1)c1ccc2ccccc2c1O. The van der Waals surface area contributed by atoms with E-state index in [4.69, 9.17) is 0 Å². The number of carbonyl (C=O) groups is 1. The number of carbonyl (C=O) groups excluding carboxylic acids is 1. The number of phenolic OH excluding ortho intramolecular Hbond substituents is 1. The number of nitrogens with zero attached hydrogens (tertiary/aromatic N) is 1. The van der Waals surface area contributed by atoms with Crippen molar-refractivity contribution in [1.29, 1.82) is 0 Å². The highest BCUT2D eigenvalue weighted by molar-refractivity contribution is 7.12. The van der Waals surface area contributed by atoms with E-state index >= 15 is 0 Å². The molecule has 1 aromatic heterocycles. The van der Waals surface area contributed by atoms with Gasteiger partial charge in [-0.1, -0.05) is 36.4 Å². The van der Waals surface area contributed by atoms with Gasteiger partial charge in [-0.3, -0.25) is 4.79 Å². The molecule has 0 saturated carbocycles. The van der Waals surface area contributed by atoms with Crippen molar-refractivity contribution in [3.8, 4) is 5.75 Å². The normalized spacial score (nSPS) is 11.6. The molecule has 110 valence electrons. The number of nitrogens with one attached hydrogen (secondary N) is 1. The van der Waals surface area contributed by atoms with E-state index in [2.05, 4.69) is 10.5 Å². The zero-order valence-corrected chi connectivity index (χ0v) is 12.7. The molecule has 0 aliphatic heterocycles. The lowest BCUT2D eigenvalue weighted by Gasteiger charge is -2.08. The Kier molecular flexibility index (Phi) is 3.89. The van der Waals surface area contributed by atoms with E-state index in [0.29, 0.717) is 16.2 Å². The standard InChI is InChI=1S/C17H14N2O2S/c1-11(18-19-17(21)15-7-4-10-22-15)13-9-8-12-5-2-3-6-14(12)16(13)20/h2-10,20H,1H3,(H,19,21)/b18-11+. The lowest BCUT2D eigenvalue weighted by Crippen LogP contribution is -2.18. The van der Waals surface area contributed by atoms with Crippen molar-refractivity contribution in [2.75, 3.05) is 0 Å². The number of amides is 1. The smallest absolute Gasteiger partial charge is 0.281 e. The zero-order chi connectivity index (χ0) is 15.5. The molecular weight excluding hydrogens is 296 g/mol. The second kappa shape index (κ2) is 5.99. The van der Waals surface area contributed by atoms with Gasteiger partial charge in [-0.2, -0.15) is 5.10 Å². The Balaban J connectivity index is 1.88. The summed E-state index contributed by atoms with van der Waals surface area (Å²) in [5, 5.41) is 18.0. The summed E-state index contributed by atoms with van der Waals surface area (Å²) in [4.78, 5) is 12.5. The summed E-state index contributed by atoms with van der Waals surface area (Å²) >= 11 is 1.35. The first-order valence-electron chi connectivity index (χ1n) is 6.76. The molecule has 22 heavy (non-hydrogen) atoms. The van der Waals surface area contributed by atoms with Gasteiger partial charge in [-0.25, -0.2) is 5.43 Å². The fourth-order valence-electron chi connectivity index (χ4n) is 2.20. The van der Waals surface area contributed by atoms with Crippen LogP contribution in [0.5, 0.6) is 5.75 Å². The Hall–Kier alpha value is -2.66. The summed E-state index contributed by atoms with van der Waals surface area (Å²) < 4.78 is 0. The van der Waals surface area contributed by atoms with Crippen LogP contribution in [0.15, 0.2) is 59.0 Å². The maximum atomic E-state index is 11.9. The fourth-order valence-corrected chi connectivity index (χ4v) is 2.82. The number of benzene rings is 2. The van der Waals surface area contributed by atoms with Crippen molar-refractivity contribution in [2.24, 2.45) is 5.10 Å². The Labute approximate surface area is 131 Å². The van der Waals surface area contributed by atoms with Crippen LogP contribution >= 0.6 is 11.3 Å². The van der Waals surface area contributed by atoms with Crippen LogP contribution in [0, 0.1) is 0 Å². The lowest BCUT2D eigenvalue weighted by molar-refractivity contribution is 0.0959. The highest BCUT2D eigenvalue weighted by atomic mass is 32.1. The molecule has 0 spiro atoms. The van der Waals surface area contributed by atoms with Gasteiger partial charge in [0.05, 0.1) is 10.6 Å². The van der Waals surface area contributed by atoms with Crippen LogP contribution < -0.4 is 5.43 Å². The third-order valence-corrected chi connectivity index (χ3v) is 4.23. The molecule has 0 fully saturated rings. The zero-order valence-electron chi connectivity index (χ0n) is 11.9. The van der Waals surface area contributed by atoms with Gasteiger partial charge in [0.2, 0.25) is 0 Å². The predicted molar refractivity (Wildman–Crippen MR) is 89.6 cm³/mol. The number of aromatic hydroxyl groups is 1. The van der Waals surface area contributed by atoms with Gasteiger partial charge in [-0.15, -0.1) is 11.3 Å². The van der Waals surface area contributed by atoms with Crippen LogP contribution in [0.4, 0.5) is 0 Å². The number of hydrogen-bond donors (Lipinski definition) is 2. The van der Waals surface area contributed by atoms with Crippen molar-refractivity contribution < 1.29 is 9.90 Å². The van der Waals surface area contributed by atoms with Crippen molar-refractivity contribution in [3.05, 3.63) is 64.4 Å². The third kappa shape index (κ3) is 2.71. The average Bonchev–Trinajstić information content (AvgIpc) is 3.07. The molecule has 0 aliphatic carbocycles. The van der Waals surface area contributed by atoms with Crippen LogP contribution in [0.25, 0.3) is 10.8 Å². The maximum Gasteiger partial charge on any atom is 0.281 e. The molecule has 1 heterocycles. The number of fused-ring (bicyclic) bond motifs is 1. The number of hydrogen-bond acceptors (Lipinski definition) is 4. The maximum absolute atomic E-state index is 11.9. The van der Waals surface area contributed by atoms with Gasteiger partial charge in [0.15, 0.2) is 0 Å². The van der Waals surface area contributed by atoms with Crippen LogP contribution in [0.2, 0.25) is 0 Å². The van der Waals surface area contributed by atoms with Gasteiger partial charge < -0.3 is 5.11 Å². The van der Waals surface area contributed by atoms with E-state index in [9.17, 15) is 9.90 Å². The molecule has 0 bridgehead atoms. The van der Waals surface area contributed by atoms with Crippen LogP contribution in [0.1, 0.15) is 22.2 Å². The highest BCUT2D eigenvalue weighted by Crippen LogP contribution is 2.28. The summed E-state index contributed by atoms with van der Waals surface area (Å²) in [7, 11) is 0. The second-order valence-corrected chi connectivity index (χ2v) is 5.75. The molecule has 3 rings (SSSR count). The molecule has 0 saturated heterocycles. The summed E-state index contributed by atoms with van der Waals surface area (Å²) in [6.45, 7) is 1.75. The van der Waals surface area contributed by atoms with Gasteiger partial charge in [-0.05, 0) is 29.8 Å². The summed E-state index contributed by atoms with van der Waals surface area (Å²) in [6, 6.07) is 14.8. The van der Waals surface area contributed by atoms with Crippen molar-refractivity contribution >= 4 is 33.7 Å². The Bertz CT molecular complexity index is 854. The first-order chi connectivity index (χ1) is 10.7. The van der Waals surface area contributed by atoms with Crippen molar-refractivity contribution in [3.63, 3.8) is 0 Å². The Morgan fingerprint density at radius 2 is 1.95 bits per heavy atom. The van der Waals surface area contributed by atoms with Gasteiger partial charge in [0.25, 0.3) is 5.91 Å². The van der Waals surface area contributed by atoms with Crippen LogP contribution in [-0.4, -0.2) is 16.7 Å². The molecule has 0 aliphatic rings. The lowest BCUT2D eigenvalue weighted by atomic mass is 10.0. The van der Waals surface area contributed by atoms with Gasteiger partial charge in [0, 0.05) is 10.9 Å². The minimum absolute atomic E-state index is 0.171. The number of phenols is 1. The molecule has 4 nitrogen and oxygen atoms in total. The summed E-state index contributed by atoms with van der Waals surface area (Å²) in [5.74, 6) is -0.0839. The average molecular weight is 310 g/mol. The summed E-state index contributed by atoms with van der Waals surface area (Å²) in [6.07, 6.45) is 0. The van der Waals surface area contributed by atoms with Gasteiger partial charge in [0.1, 0.15) is 5.75 Å². The molecule has 0 unspecified atom stereocenters. The van der Waals surface area contributed by atoms with E-state index in [1.54, 1.807) is 19.1 Å². The number of rotatable bonds is 3. The number of hydrazone groups is 1. The largest absolute Gasteiger partial charge is 0.507 e. The van der Waals surface area contributed by atoms with E-state index in [1.807, 2.05) is 41.8 Å². The third-order valence-electron chi connectivity index (χ3n) is 3.36. The molecular formula is C17H14N2O2S. The Morgan fingerprint density at radius 1 is 1.14 bits per heavy atom. The predicted octanol–water partition coefficient (Wildman–Crippen LogP) is 3.76. The van der Waals surface area contributed by atoms with Crippen molar-refractivity contribution in [1.82, 2.24) is 5.43 Å². The highest BCUT2D eigenvalue weighted by Gasteiger charge is 2.10. The topological polar surface area (TPSA) is 61.7 Å². The first kappa shape index (κ1) is 14.3. The summed E-state index contributed by atoms with van der Waals surface area (Å²) in [5.41, 5.74) is 3.66. The van der Waals surface area contributed by atoms with E-state index in [0.717, 1.165) is 10.8 Å². The molecule has 0 atom stereocenters. The van der Waals surface area contributed by atoms with E-state index in [1.165, 1.54) is 11.3 Å². The van der Waals surface area contributed by atoms with E-state index < -0.39 is 0 Å². The molecule has 2 N–H and O–H groups in total. The molecule has 0 radical (unpaired) electrons. The minimum Gasteiger partial charge on any atom is -0.507 e. The monoisotopic (exact) mass is 310 g/mol. The van der Waals surface area contributed by atoms with Crippen LogP contribution in [-0.2, 0) is 0 Å². The quantitative estimate of drug-likeness (QED) is 0.571.